The van der Waals surface area contributed by atoms with E-state index in [0.29, 0.717) is 0 Å². The van der Waals surface area contributed by atoms with Gasteiger partial charge in [-0.1, -0.05) is 0 Å². The Morgan fingerprint density at radius 2 is 2.15 bits per heavy atom. The summed E-state index contributed by atoms with van der Waals surface area (Å²) in [6, 6.07) is -0.624. The molecule has 0 aliphatic heterocycles. The number of hydrogen-bond acceptors (Lipinski definition) is 3. The maximum absolute atomic E-state index is 11.5. The topological polar surface area (TPSA) is 58.6 Å². The third-order valence-corrected chi connectivity index (χ3v) is 1.01. The Kier molecular flexibility index (Phi) is 4.53. The third kappa shape index (κ3) is 7.38. The van der Waals surface area contributed by atoms with Gasteiger partial charge in [0.15, 0.2) is 6.61 Å². The molecule has 0 spiro atoms. The Hall–Kier alpha value is -0.980. The number of nitrogens with one attached hydrogen (secondary N) is 1. The first kappa shape index (κ1) is 12.0. The molecule has 0 saturated heterocycles. The molecule has 1 amide bonds. The Labute approximate surface area is 72.7 Å². The minimum atomic E-state index is -4.53. The van der Waals surface area contributed by atoms with Crippen LogP contribution in [0.1, 0.15) is 6.92 Å². The van der Waals surface area contributed by atoms with Gasteiger partial charge in [0.2, 0.25) is 0 Å². The Morgan fingerprint density at radius 1 is 1.62 bits per heavy atom. The molecule has 0 fully saturated rings. The molecule has 0 saturated carbocycles. The third-order valence-electron chi connectivity index (χ3n) is 1.01. The van der Waals surface area contributed by atoms with Crippen LogP contribution in [0.25, 0.3) is 0 Å². The average molecular weight is 201 g/mol. The summed E-state index contributed by atoms with van der Waals surface area (Å²) in [5.41, 5.74) is 0. The van der Waals surface area contributed by atoms with Crippen molar-refractivity contribution in [1.29, 1.82) is 0 Å². The van der Waals surface area contributed by atoms with Gasteiger partial charge in [-0.15, -0.1) is 0 Å². The normalized spacial score (nSPS) is 13.6. The summed E-state index contributed by atoms with van der Waals surface area (Å²) in [5, 5.41) is 10.4. The van der Waals surface area contributed by atoms with Crippen LogP contribution in [0, 0.1) is 0 Å². The van der Waals surface area contributed by atoms with Crippen molar-refractivity contribution in [2.75, 3.05) is 13.2 Å². The average Bonchev–Trinajstić information content (AvgIpc) is 1.99. The zero-order valence-corrected chi connectivity index (χ0v) is 6.89. The lowest BCUT2D eigenvalue weighted by Gasteiger charge is -2.12. The fourth-order valence-electron chi connectivity index (χ4n) is 0.436. The molecule has 0 aromatic heterocycles. The SMILES string of the molecule is C[C@H](CO)NC(=O)OCC(F)(F)F. The zero-order chi connectivity index (χ0) is 10.5. The van der Waals surface area contributed by atoms with Gasteiger partial charge >= 0.3 is 12.3 Å². The number of carbonyl (C=O) groups is 1. The molecular formula is C6H10F3NO3. The van der Waals surface area contributed by atoms with Gasteiger partial charge in [-0.25, -0.2) is 4.79 Å². The lowest BCUT2D eigenvalue weighted by molar-refractivity contribution is -0.160. The molecule has 4 nitrogen and oxygen atoms in total. The second kappa shape index (κ2) is 4.90. The standard InChI is InChI=1S/C6H10F3NO3/c1-4(2-11)10-5(12)13-3-6(7,8)9/h4,11H,2-3H2,1H3,(H,10,12)/t4-/m1/s1. The summed E-state index contributed by atoms with van der Waals surface area (Å²) >= 11 is 0. The first-order valence-corrected chi connectivity index (χ1v) is 3.46. The molecule has 78 valence electrons. The number of hydrogen-bond donors (Lipinski definition) is 2. The van der Waals surface area contributed by atoms with Crippen LogP contribution in [0.5, 0.6) is 0 Å². The van der Waals surface area contributed by atoms with Crippen molar-refractivity contribution in [1.82, 2.24) is 5.32 Å². The van der Waals surface area contributed by atoms with Gasteiger partial charge in [0.25, 0.3) is 0 Å². The Balaban J connectivity index is 3.64. The van der Waals surface area contributed by atoms with E-state index in [4.69, 9.17) is 5.11 Å². The van der Waals surface area contributed by atoms with Crippen LogP contribution in [0.3, 0.4) is 0 Å². The maximum atomic E-state index is 11.5. The number of alkyl carbamates (subject to hydrolysis) is 1. The summed E-state index contributed by atoms with van der Waals surface area (Å²) in [6.45, 7) is -0.563. The van der Waals surface area contributed by atoms with E-state index in [1.807, 2.05) is 5.32 Å². The van der Waals surface area contributed by atoms with Gasteiger partial charge in [-0.2, -0.15) is 13.2 Å². The van der Waals surface area contributed by atoms with Crippen molar-refractivity contribution < 1.29 is 27.8 Å². The minimum absolute atomic E-state index is 0.360. The fourth-order valence-corrected chi connectivity index (χ4v) is 0.436. The van der Waals surface area contributed by atoms with Gasteiger partial charge in [-0.05, 0) is 6.92 Å². The van der Waals surface area contributed by atoms with Crippen molar-refractivity contribution >= 4 is 6.09 Å². The van der Waals surface area contributed by atoms with Crippen LogP contribution in [0.2, 0.25) is 0 Å². The molecule has 0 aliphatic rings. The Bertz CT molecular complexity index is 171. The molecule has 7 heteroatoms. The molecule has 0 aromatic rings. The molecule has 0 radical (unpaired) electrons. The van der Waals surface area contributed by atoms with Crippen LogP contribution in [0.4, 0.5) is 18.0 Å². The number of carbonyl (C=O) groups excluding carboxylic acids is 1. The molecular weight excluding hydrogens is 191 g/mol. The van der Waals surface area contributed by atoms with E-state index in [1.165, 1.54) is 6.92 Å². The predicted molar refractivity (Wildman–Crippen MR) is 37.1 cm³/mol. The van der Waals surface area contributed by atoms with Crippen LogP contribution in [0.15, 0.2) is 0 Å². The van der Waals surface area contributed by atoms with Gasteiger partial charge < -0.3 is 15.2 Å². The second-order valence-electron chi connectivity index (χ2n) is 2.42. The molecule has 1 atom stereocenters. The summed E-state index contributed by atoms with van der Waals surface area (Å²) in [6.07, 6.45) is -5.72. The van der Waals surface area contributed by atoms with Crippen LogP contribution >= 0.6 is 0 Å². The highest BCUT2D eigenvalue weighted by Crippen LogP contribution is 2.14. The van der Waals surface area contributed by atoms with Gasteiger partial charge in [0, 0.05) is 0 Å². The number of alkyl halides is 3. The maximum Gasteiger partial charge on any atom is 0.422 e. The van der Waals surface area contributed by atoms with Gasteiger partial charge in [0.1, 0.15) is 0 Å². The van der Waals surface area contributed by atoms with Crippen LogP contribution < -0.4 is 5.32 Å². The van der Waals surface area contributed by atoms with E-state index in [1.54, 1.807) is 0 Å². The zero-order valence-electron chi connectivity index (χ0n) is 6.89. The molecule has 0 aliphatic carbocycles. The highest BCUT2D eigenvalue weighted by molar-refractivity contribution is 5.67. The first-order chi connectivity index (χ1) is 5.85. The lowest BCUT2D eigenvalue weighted by atomic mass is 10.4. The molecule has 2 N–H and O–H groups in total. The van der Waals surface area contributed by atoms with Crippen LogP contribution in [-0.4, -0.2) is 36.6 Å². The molecule has 13 heavy (non-hydrogen) atoms. The summed E-state index contributed by atoms with van der Waals surface area (Å²) in [5.74, 6) is 0. The number of ether oxygens (including phenoxy) is 1. The van der Waals surface area contributed by atoms with Gasteiger partial charge in [-0.3, -0.25) is 0 Å². The quantitative estimate of drug-likeness (QED) is 0.705. The van der Waals surface area contributed by atoms with E-state index < -0.39 is 24.9 Å². The summed E-state index contributed by atoms with van der Waals surface area (Å²) in [7, 11) is 0. The molecule has 0 aromatic carbocycles. The minimum Gasteiger partial charge on any atom is -0.440 e. The summed E-state index contributed by atoms with van der Waals surface area (Å²) < 4.78 is 38.2. The van der Waals surface area contributed by atoms with E-state index in [-0.39, 0.29) is 6.61 Å². The van der Waals surface area contributed by atoms with Crippen molar-refractivity contribution in [2.45, 2.75) is 19.1 Å². The first-order valence-electron chi connectivity index (χ1n) is 3.46. The number of rotatable bonds is 3. The number of aliphatic hydroxyl groups excluding tert-OH is 1. The number of amides is 1. The van der Waals surface area contributed by atoms with Crippen molar-refractivity contribution in [3.63, 3.8) is 0 Å². The second-order valence-corrected chi connectivity index (χ2v) is 2.42. The van der Waals surface area contributed by atoms with Crippen molar-refractivity contribution in [2.24, 2.45) is 0 Å². The van der Waals surface area contributed by atoms with Crippen molar-refractivity contribution in [3.05, 3.63) is 0 Å². The van der Waals surface area contributed by atoms with E-state index >= 15 is 0 Å². The summed E-state index contributed by atoms with van der Waals surface area (Å²) in [4.78, 5) is 10.5. The number of aliphatic hydroxyl groups is 1. The van der Waals surface area contributed by atoms with Crippen LogP contribution in [-0.2, 0) is 4.74 Å². The fraction of sp³-hybridized carbons (Fsp3) is 0.833. The van der Waals surface area contributed by atoms with E-state index in [2.05, 4.69) is 4.74 Å². The predicted octanol–water partition coefficient (Wildman–Crippen LogP) is 0.656. The lowest BCUT2D eigenvalue weighted by Crippen LogP contribution is -2.37. The largest absolute Gasteiger partial charge is 0.440 e. The number of halogens is 3. The molecule has 0 bridgehead atoms. The smallest absolute Gasteiger partial charge is 0.422 e. The molecule has 0 rings (SSSR count). The monoisotopic (exact) mass is 201 g/mol. The highest BCUT2D eigenvalue weighted by atomic mass is 19.4. The van der Waals surface area contributed by atoms with E-state index in [9.17, 15) is 18.0 Å². The van der Waals surface area contributed by atoms with Gasteiger partial charge in [0.05, 0.1) is 12.6 Å². The molecule has 0 heterocycles. The molecule has 0 unspecified atom stereocenters. The Morgan fingerprint density at radius 3 is 2.54 bits per heavy atom. The highest BCUT2D eigenvalue weighted by Gasteiger charge is 2.29. The van der Waals surface area contributed by atoms with Crippen molar-refractivity contribution in [3.8, 4) is 0 Å². The van der Waals surface area contributed by atoms with E-state index in [0.717, 1.165) is 0 Å².